The summed E-state index contributed by atoms with van der Waals surface area (Å²) in [5, 5.41) is 19.8. The summed E-state index contributed by atoms with van der Waals surface area (Å²) in [5.74, 6) is -1.84. The largest absolute Gasteiger partial charge is 0.480 e. The van der Waals surface area contributed by atoms with E-state index >= 15 is 0 Å². The van der Waals surface area contributed by atoms with E-state index in [0.29, 0.717) is 32.4 Å². The standard InChI is InChI=1S/C25H45FIN5O10/c1-2-28-20(25(37)38)6-7-21(33)30-9-11-39-13-16-42-18-23(35)31-10-12-40-14-15-41-17-22(34)29-8-4-3-5-19(32-26)24(27)36/h19-20,28,32H,2-18H2,1H3,(H,29,34)(H,30,33)(H,31,35)(H,37,38)/t19-,20-/m0/s1. The Balaban J connectivity index is 3.49. The van der Waals surface area contributed by atoms with E-state index < -0.39 is 18.1 Å². The number of carbonyl (C=O) groups excluding carboxylic acids is 4. The van der Waals surface area contributed by atoms with Crippen molar-refractivity contribution in [2.45, 2.75) is 51.1 Å². The van der Waals surface area contributed by atoms with Gasteiger partial charge < -0.3 is 45.3 Å². The molecular weight excluding hydrogens is 676 g/mol. The zero-order chi connectivity index (χ0) is 31.4. The summed E-state index contributed by atoms with van der Waals surface area (Å²) in [6.07, 6.45) is 1.84. The van der Waals surface area contributed by atoms with E-state index in [1.807, 2.05) is 0 Å². The molecule has 0 saturated heterocycles. The molecular formula is C25H45FIN5O10. The van der Waals surface area contributed by atoms with E-state index in [1.165, 1.54) is 5.54 Å². The van der Waals surface area contributed by atoms with Crippen LogP contribution in [0.3, 0.4) is 0 Å². The van der Waals surface area contributed by atoms with Gasteiger partial charge in [-0.05, 0) is 32.2 Å². The lowest BCUT2D eigenvalue weighted by atomic mass is 10.1. The van der Waals surface area contributed by atoms with Crippen molar-refractivity contribution in [3.05, 3.63) is 0 Å². The third kappa shape index (κ3) is 24.6. The van der Waals surface area contributed by atoms with Crippen molar-refractivity contribution < 1.29 is 52.5 Å². The Hall–Kier alpha value is -2.03. The Bertz CT molecular complexity index is 784. The number of unbranched alkanes of at least 4 members (excludes halogenated alkanes) is 1. The summed E-state index contributed by atoms with van der Waals surface area (Å²) in [4.78, 5) is 57.3. The molecule has 0 unspecified atom stereocenters. The predicted octanol–water partition coefficient (Wildman–Crippen LogP) is -0.781. The van der Waals surface area contributed by atoms with Crippen LogP contribution in [0.2, 0.25) is 0 Å². The number of hydrogen-bond donors (Lipinski definition) is 6. The fourth-order valence-corrected chi connectivity index (χ4v) is 3.66. The molecule has 0 aliphatic carbocycles. The van der Waals surface area contributed by atoms with Gasteiger partial charge in [0, 0.05) is 48.6 Å². The average Bonchev–Trinajstić information content (AvgIpc) is 2.95. The molecule has 15 nitrogen and oxygen atoms in total. The van der Waals surface area contributed by atoms with Gasteiger partial charge >= 0.3 is 5.97 Å². The number of carboxylic acids is 1. The highest BCUT2D eigenvalue weighted by Crippen LogP contribution is 2.05. The number of amides is 3. The summed E-state index contributed by atoms with van der Waals surface area (Å²) in [5.41, 5.74) is 1.46. The molecule has 0 aromatic rings. The molecule has 0 bridgehead atoms. The lowest BCUT2D eigenvalue weighted by Gasteiger charge is -2.12. The molecule has 0 rings (SSSR count). The van der Waals surface area contributed by atoms with Gasteiger partial charge in [0.15, 0.2) is 0 Å². The van der Waals surface area contributed by atoms with Crippen LogP contribution in [0.1, 0.15) is 39.0 Å². The van der Waals surface area contributed by atoms with Crippen molar-refractivity contribution in [2.24, 2.45) is 0 Å². The zero-order valence-corrected chi connectivity index (χ0v) is 26.2. The summed E-state index contributed by atoms with van der Waals surface area (Å²) in [6, 6.07) is -1.57. The minimum absolute atomic E-state index is 0.0934. The molecule has 0 aromatic heterocycles. The summed E-state index contributed by atoms with van der Waals surface area (Å²) >= 11 is 1.54. The van der Waals surface area contributed by atoms with Crippen molar-refractivity contribution in [1.82, 2.24) is 26.8 Å². The second-order valence-corrected chi connectivity index (χ2v) is 9.89. The Morgan fingerprint density at radius 1 is 0.714 bits per heavy atom. The van der Waals surface area contributed by atoms with E-state index in [-0.39, 0.29) is 100 Å². The highest BCUT2D eigenvalue weighted by molar-refractivity contribution is 14.1. The summed E-state index contributed by atoms with van der Waals surface area (Å²) in [6.45, 7) is 4.41. The molecule has 2 atom stereocenters. The van der Waals surface area contributed by atoms with Gasteiger partial charge in [-0.2, -0.15) is 0 Å². The number of aliphatic carboxylic acids is 1. The van der Waals surface area contributed by atoms with Gasteiger partial charge in [0.25, 0.3) is 0 Å². The number of carbonyl (C=O) groups is 5. The molecule has 0 saturated carbocycles. The van der Waals surface area contributed by atoms with Crippen molar-refractivity contribution in [2.75, 3.05) is 79.0 Å². The minimum atomic E-state index is -0.988. The number of halogens is 2. The Morgan fingerprint density at radius 2 is 1.24 bits per heavy atom. The third-order valence-electron chi connectivity index (χ3n) is 5.40. The number of likely N-dealkylation sites (N-methyl/N-ethyl adjacent to an activating group) is 1. The Morgan fingerprint density at radius 3 is 1.74 bits per heavy atom. The van der Waals surface area contributed by atoms with Crippen LogP contribution in [0.4, 0.5) is 4.48 Å². The van der Waals surface area contributed by atoms with Crippen molar-refractivity contribution in [3.63, 3.8) is 0 Å². The lowest BCUT2D eigenvalue weighted by Crippen LogP contribution is -2.38. The molecule has 0 radical (unpaired) electrons. The molecule has 0 aliphatic heterocycles. The molecule has 0 aromatic carbocycles. The Labute approximate surface area is 259 Å². The molecule has 6 N–H and O–H groups in total. The van der Waals surface area contributed by atoms with E-state index in [2.05, 4.69) is 21.3 Å². The van der Waals surface area contributed by atoms with Crippen molar-refractivity contribution in [1.29, 1.82) is 0 Å². The summed E-state index contributed by atoms with van der Waals surface area (Å²) < 4.78 is 33.2. The van der Waals surface area contributed by atoms with Crippen LogP contribution >= 0.6 is 22.6 Å². The number of nitrogens with one attached hydrogen (secondary N) is 5. The normalized spacial score (nSPS) is 12.4. The van der Waals surface area contributed by atoms with E-state index in [4.69, 9.17) is 24.1 Å². The van der Waals surface area contributed by atoms with E-state index in [0.717, 1.165) is 0 Å². The maximum Gasteiger partial charge on any atom is 0.320 e. The molecule has 244 valence electrons. The Kier molecular flexibility index (Phi) is 26.4. The lowest BCUT2D eigenvalue weighted by molar-refractivity contribution is -0.139. The van der Waals surface area contributed by atoms with Gasteiger partial charge in [-0.3, -0.25) is 24.0 Å². The molecule has 0 heterocycles. The fourth-order valence-electron chi connectivity index (χ4n) is 3.23. The number of hydrogen-bond acceptors (Lipinski definition) is 11. The van der Waals surface area contributed by atoms with Crippen LogP contribution < -0.4 is 26.8 Å². The number of rotatable bonds is 29. The monoisotopic (exact) mass is 721 g/mol. The fraction of sp³-hybridized carbons (Fsp3) is 0.800. The van der Waals surface area contributed by atoms with Crippen molar-refractivity contribution in [3.8, 4) is 0 Å². The second-order valence-electron chi connectivity index (χ2n) is 8.83. The van der Waals surface area contributed by atoms with Crippen LogP contribution in [-0.4, -0.2) is 124 Å². The van der Waals surface area contributed by atoms with Crippen LogP contribution in [-0.2, 0) is 42.9 Å². The van der Waals surface area contributed by atoms with Gasteiger partial charge in [0.2, 0.25) is 21.5 Å². The van der Waals surface area contributed by atoms with Crippen LogP contribution in [0.25, 0.3) is 0 Å². The maximum atomic E-state index is 12.4. The minimum Gasteiger partial charge on any atom is -0.480 e. The third-order valence-corrected chi connectivity index (χ3v) is 6.16. The first kappa shape index (κ1) is 40.0. The van der Waals surface area contributed by atoms with E-state index in [9.17, 15) is 28.5 Å². The van der Waals surface area contributed by atoms with Gasteiger partial charge in [0.1, 0.15) is 25.3 Å². The molecule has 0 spiro atoms. The number of ether oxygens (including phenoxy) is 4. The van der Waals surface area contributed by atoms with Gasteiger partial charge in [0.05, 0.1) is 39.6 Å². The van der Waals surface area contributed by atoms with Gasteiger partial charge in [-0.15, -0.1) is 10.0 Å². The number of carboxylic acid groups (broad SMARTS) is 1. The topological polar surface area (TPSA) is 203 Å². The molecule has 3 amide bonds. The average molecular weight is 722 g/mol. The first-order valence-electron chi connectivity index (χ1n) is 13.8. The van der Waals surface area contributed by atoms with Crippen molar-refractivity contribution >= 4 is 50.1 Å². The summed E-state index contributed by atoms with van der Waals surface area (Å²) in [7, 11) is 0. The molecule has 0 fully saturated rings. The SMILES string of the molecule is CCN[C@@H](CCC(=O)NCCOCCOCC(=O)NCCOCCOCC(=O)NCCCC[C@H](NF)C(=O)I)C(=O)O. The molecule has 42 heavy (non-hydrogen) atoms. The van der Waals surface area contributed by atoms with Gasteiger partial charge in [-0.25, -0.2) is 0 Å². The zero-order valence-electron chi connectivity index (χ0n) is 24.1. The predicted molar refractivity (Wildman–Crippen MR) is 158 cm³/mol. The molecule has 0 aliphatic rings. The first-order chi connectivity index (χ1) is 20.2. The van der Waals surface area contributed by atoms with Crippen LogP contribution in [0.5, 0.6) is 0 Å². The quantitative estimate of drug-likeness (QED) is 0.0244. The molecule has 17 heteroatoms. The smallest absolute Gasteiger partial charge is 0.320 e. The highest BCUT2D eigenvalue weighted by atomic mass is 127. The van der Waals surface area contributed by atoms with Crippen LogP contribution in [0.15, 0.2) is 0 Å². The van der Waals surface area contributed by atoms with E-state index in [1.54, 1.807) is 29.5 Å². The van der Waals surface area contributed by atoms with Crippen LogP contribution in [0, 0.1) is 0 Å². The van der Waals surface area contributed by atoms with Gasteiger partial charge in [-0.1, -0.05) is 6.92 Å². The highest BCUT2D eigenvalue weighted by Gasteiger charge is 2.17. The maximum absolute atomic E-state index is 12.4. The first-order valence-corrected chi connectivity index (χ1v) is 14.9. The second kappa shape index (κ2) is 27.8.